The number of carbonyl (C=O) groups is 1. The Morgan fingerprint density at radius 1 is 1.41 bits per heavy atom. The van der Waals surface area contributed by atoms with Crippen LogP contribution in [0.25, 0.3) is 0 Å². The Kier molecular flexibility index (Phi) is 5.23. The number of rotatable bonds is 4. The number of benzene rings is 1. The predicted octanol–water partition coefficient (Wildman–Crippen LogP) is 1.14. The van der Waals surface area contributed by atoms with Gasteiger partial charge in [0.05, 0.1) is 19.3 Å². The van der Waals surface area contributed by atoms with Gasteiger partial charge in [-0.05, 0) is 11.6 Å². The topological polar surface area (TPSA) is 44.8 Å². The van der Waals surface area contributed by atoms with Crippen molar-refractivity contribution in [2.24, 2.45) is 0 Å². The van der Waals surface area contributed by atoms with Gasteiger partial charge in [0, 0.05) is 44.0 Å². The van der Waals surface area contributed by atoms with Crippen molar-refractivity contribution in [3.05, 3.63) is 29.8 Å². The summed E-state index contributed by atoms with van der Waals surface area (Å²) in [5.74, 6) is 1.92. The summed E-state index contributed by atoms with van der Waals surface area (Å²) in [5, 5.41) is 3.25. The summed E-state index contributed by atoms with van der Waals surface area (Å²) >= 11 is 1.78. The van der Waals surface area contributed by atoms with E-state index in [0.29, 0.717) is 6.54 Å². The van der Waals surface area contributed by atoms with Crippen LogP contribution in [0.15, 0.2) is 24.3 Å². The van der Waals surface area contributed by atoms with Gasteiger partial charge in [-0.2, -0.15) is 0 Å². The summed E-state index contributed by atoms with van der Waals surface area (Å²) in [5.41, 5.74) is 2.42. The van der Waals surface area contributed by atoms with E-state index >= 15 is 0 Å². The highest BCUT2D eigenvalue weighted by molar-refractivity contribution is 7.99. The lowest BCUT2D eigenvalue weighted by Crippen LogP contribution is -2.43. The minimum atomic E-state index is -0.0365. The van der Waals surface area contributed by atoms with Crippen LogP contribution in [0.2, 0.25) is 0 Å². The molecular formula is C16H23N3O2S. The van der Waals surface area contributed by atoms with Crippen molar-refractivity contribution >= 4 is 23.4 Å². The zero-order valence-electron chi connectivity index (χ0n) is 13.0. The van der Waals surface area contributed by atoms with Gasteiger partial charge in [-0.15, -0.1) is 11.8 Å². The molecule has 1 amide bonds. The number of carbonyl (C=O) groups excluding carboxylic acids is 1. The Morgan fingerprint density at radius 3 is 2.91 bits per heavy atom. The second kappa shape index (κ2) is 7.35. The molecule has 22 heavy (non-hydrogen) atoms. The fourth-order valence-corrected chi connectivity index (χ4v) is 3.84. The maximum absolute atomic E-state index is 12.5. The summed E-state index contributed by atoms with van der Waals surface area (Å²) < 4.78 is 5.43. The molecule has 3 rings (SSSR count). The van der Waals surface area contributed by atoms with E-state index in [4.69, 9.17) is 4.74 Å². The van der Waals surface area contributed by atoms with Gasteiger partial charge in [-0.3, -0.25) is 10.1 Å². The molecule has 120 valence electrons. The Hall–Kier alpha value is -1.24. The van der Waals surface area contributed by atoms with Crippen molar-refractivity contribution in [2.75, 3.05) is 49.9 Å². The summed E-state index contributed by atoms with van der Waals surface area (Å²) in [7, 11) is 1.89. The van der Waals surface area contributed by atoms with Gasteiger partial charge in [-0.1, -0.05) is 18.2 Å². The van der Waals surface area contributed by atoms with Crippen molar-refractivity contribution in [3.8, 4) is 0 Å². The molecule has 1 aromatic rings. The molecule has 6 heteroatoms. The van der Waals surface area contributed by atoms with Crippen molar-refractivity contribution < 1.29 is 9.53 Å². The Morgan fingerprint density at radius 2 is 2.18 bits per heavy atom. The predicted molar refractivity (Wildman–Crippen MR) is 90.2 cm³/mol. The lowest BCUT2D eigenvalue weighted by atomic mass is 10.1. The molecule has 2 fully saturated rings. The lowest BCUT2D eigenvalue weighted by Gasteiger charge is -2.31. The van der Waals surface area contributed by atoms with Crippen molar-refractivity contribution in [1.29, 1.82) is 0 Å². The minimum absolute atomic E-state index is 0.0365. The largest absolute Gasteiger partial charge is 0.378 e. The highest BCUT2D eigenvalue weighted by atomic mass is 32.2. The van der Waals surface area contributed by atoms with E-state index in [1.54, 1.807) is 11.8 Å². The smallest absolute Gasteiger partial charge is 0.240 e. The van der Waals surface area contributed by atoms with Crippen LogP contribution in [0.1, 0.15) is 5.56 Å². The lowest BCUT2D eigenvalue weighted by molar-refractivity contribution is -0.131. The van der Waals surface area contributed by atoms with Crippen LogP contribution in [-0.2, 0) is 16.1 Å². The summed E-state index contributed by atoms with van der Waals surface area (Å²) in [6.45, 7) is 4.01. The molecule has 1 unspecified atom stereocenters. The number of anilines is 1. The zero-order chi connectivity index (χ0) is 15.4. The molecule has 0 aliphatic carbocycles. The molecule has 0 spiro atoms. The van der Waals surface area contributed by atoms with Gasteiger partial charge >= 0.3 is 0 Å². The molecule has 0 aromatic heterocycles. The Balaban J connectivity index is 1.69. The van der Waals surface area contributed by atoms with E-state index in [2.05, 4.69) is 28.4 Å². The normalized spacial score (nSPS) is 21.9. The van der Waals surface area contributed by atoms with Crippen LogP contribution in [0, 0.1) is 0 Å². The summed E-state index contributed by atoms with van der Waals surface area (Å²) in [4.78, 5) is 16.6. The van der Waals surface area contributed by atoms with Crippen LogP contribution >= 0.6 is 11.8 Å². The van der Waals surface area contributed by atoms with Gasteiger partial charge in [0.1, 0.15) is 0 Å². The Labute approximate surface area is 136 Å². The third-order valence-corrected chi connectivity index (χ3v) is 5.08. The van der Waals surface area contributed by atoms with Crippen LogP contribution in [0.5, 0.6) is 0 Å². The van der Waals surface area contributed by atoms with E-state index in [9.17, 15) is 4.79 Å². The minimum Gasteiger partial charge on any atom is -0.378 e. The van der Waals surface area contributed by atoms with Crippen LogP contribution in [0.3, 0.4) is 0 Å². The molecule has 0 saturated carbocycles. The number of morpholine rings is 1. The number of likely N-dealkylation sites (N-methyl/N-ethyl adjacent to an activating group) is 1. The van der Waals surface area contributed by atoms with Crippen molar-refractivity contribution in [3.63, 3.8) is 0 Å². The van der Waals surface area contributed by atoms with Crippen molar-refractivity contribution in [2.45, 2.75) is 12.6 Å². The van der Waals surface area contributed by atoms with Gasteiger partial charge in [0.25, 0.3) is 0 Å². The molecule has 2 aliphatic heterocycles. The Bertz CT molecular complexity index is 514. The average molecular weight is 321 g/mol. The zero-order valence-corrected chi connectivity index (χ0v) is 13.8. The standard InChI is InChI=1S/C16H23N3O2S/c1-18(16(20)14-11-22-12-17-14)10-13-4-2-3-5-15(13)19-6-8-21-9-7-19/h2-5,14,17H,6-12H2,1H3. The first-order valence-corrected chi connectivity index (χ1v) is 8.88. The maximum atomic E-state index is 12.5. The first kappa shape index (κ1) is 15.6. The molecule has 5 nitrogen and oxygen atoms in total. The fourth-order valence-electron chi connectivity index (χ4n) is 2.91. The fraction of sp³-hybridized carbons (Fsp3) is 0.562. The second-order valence-corrected chi connectivity index (χ2v) is 6.72. The first-order valence-electron chi connectivity index (χ1n) is 7.72. The molecule has 1 aromatic carbocycles. The maximum Gasteiger partial charge on any atom is 0.240 e. The van der Waals surface area contributed by atoms with E-state index < -0.39 is 0 Å². The number of nitrogens with one attached hydrogen (secondary N) is 1. The molecular weight excluding hydrogens is 298 g/mol. The number of thioether (sulfide) groups is 1. The van der Waals surface area contributed by atoms with E-state index in [1.807, 2.05) is 18.0 Å². The van der Waals surface area contributed by atoms with Crippen LogP contribution in [-0.4, -0.2) is 61.8 Å². The molecule has 2 heterocycles. The van der Waals surface area contributed by atoms with Gasteiger partial charge in [-0.25, -0.2) is 0 Å². The number of hydrogen-bond donors (Lipinski definition) is 1. The monoisotopic (exact) mass is 321 g/mol. The molecule has 0 radical (unpaired) electrons. The van der Waals surface area contributed by atoms with E-state index in [1.165, 1.54) is 11.3 Å². The molecule has 0 bridgehead atoms. The quantitative estimate of drug-likeness (QED) is 0.901. The van der Waals surface area contributed by atoms with E-state index in [-0.39, 0.29) is 11.9 Å². The highest BCUT2D eigenvalue weighted by Gasteiger charge is 2.26. The number of hydrogen-bond acceptors (Lipinski definition) is 5. The number of nitrogens with zero attached hydrogens (tertiary/aromatic N) is 2. The summed E-state index contributed by atoms with van der Waals surface area (Å²) in [6, 6.07) is 8.33. The SMILES string of the molecule is CN(Cc1ccccc1N1CCOCC1)C(=O)C1CSCN1. The van der Waals surface area contributed by atoms with E-state index in [0.717, 1.165) is 37.9 Å². The third kappa shape index (κ3) is 3.56. The van der Waals surface area contributed by atoms with Crippen LogP contribution in [0.4, 0.5) is 5.69 Å². The average Bonchev–Trinajstić information content (AvgIpc) is 3.10. The highest BCUT2D eigenvalue weighted by Crippen LogP contribution is 2.23. The van der Waals surface area contributed by atoms with Crippen LogP contribution < -0.4 is 10.2 Å². The molecule has 2 saturated heterocycles. The van der Waals surface area contributed by atoms with Gasteiger partial charge in [0.2, 0.25) is 5.91 Å². The van der Waals surface area contributed by atoms with Crippen molar-refractivity contribution in [1.82, 2.24) is 10.2 Å². The van der Waals surface area contributed by atoms with Gasteiger partial charge in [0.15, 0.2) is 0 Å². The summed E-state index contributed by atoms with van der Waals surface area (Å²) in [6.07, 6.45) is 0. The number of para-hydroxylation sites is 1. The first-order chi connectivity index (χ1) is 10.8. The molecule has 2 aliphatic rings. The second-order valence-electron chi connectivity index (χ2n) is 5.69. The molecule has 1 atom stereocenters. The molecule has 1 N–H and O–H groups in total. The third-order valence-electron chi connectivity index (χ3n) is 4.14. The van der Waals surface area contributed by atoms with Gasteiger partial charge < -0.3 is 14.5 Å². The number of ether oxygens (including phenoxy) is 1. The number of amides is 1.